The van der Waals surface area contributed by atoms with E-state index in [-0.39, 0.29) is 0 Å². The van der Waals surface area contributed by atoms with E-state index in [4.69, 9.17) is 0 Å². The number of piperidine rings is 2. The summed E-state index contributed by atoms with van der Waals surface area (Å²) in [6.07, 6.45) is 7.36. The van der Waals surface area contributed by atoms with E-state index >= 15 is 0 Å². The van der Waals surface area contributed by atoms with E-state index in [9.17, 15) is 0 Å². The molecule has 3 heterocycles. The molecule has 2 aliphatic rings. The Balaban J connectivity index is 1.42. The van der Waals surface area contributed by atoms with Gasteiger partial charge in [0.2, 0.25) is 0 Å². The fraction of sp³-hybridized carbons (Fsp3) is 0.600. The Kier molecular flexibility index (Phi) is 4.88. The number of aromatic nitrogens is 1. The Morgan fingerprint density at radius 2 is 1.83 bits per heavy atom. The van der Waals surface area contributed by atoms with Crippen LogP contribution in [0.2, 0.25) is 0 Å². The second kappa shape index (κ2) is 7.26. The van der Waals surface area contributed by atoms with Gasteiger partial charge >= 0.3 is 0 Å². The molecule has 1 aromatic carbocycles. The van der Waals surface area contributed by atoms with E-state index in [1.54, 1.807) is 0 Å². The van der Waals surface area contributed by atoms with Crippen molar-refractivity contribution >= 4 is 10.9 Å². The van der Waals surface area contributed by atoms with Crippen LogP contribution < -0.4 is 5.32 Å². The first-order chi connectivity index (χ1) is 11.9. The maximum Gasteiger partial charge on any atom is 0.0456 e. The lowest BCUT2D eigenvalue weighted by molar-refractivity contribution is -0.0790. The van der Waals surface area contributed by atoms with E-state index in [2.05, 4.69) is 57.7 Å². The molecule has 4 heteroatoms. The van der Waals surface area contributed by atoms with Crippen molar-refractivity contribution in [2.75, 3.05) is 32.7 Å². The third-order valence-electron chi connectivity index (χ3n) is 5.95. The number of benzene rings is 1. The van der Waals surface area contributed by atoms with Crippen molar-refractivity contribution < 1.29 is 0 Å². The summed E-state index contributed by atoms with van der Waals surface area (Å²) >= 11 is 0. The molecule has 0 unspecified atom stereocenters. The van der Waals surface area contributed by atoms with Gasteiger partial charge in [-0.15, -0.1) is 0 Å². The highest BCUT2D eigenvalue weighted by molar-refractivity contribution is 5.83. The van der Waals surface area contributed by atoms with Crippen molar-refractivity contribution in [1.82, 2.24) is 20.3 Å². The normalized spacial score (nSPS) is 21.8. The van der Waals surface area contributed by atoms with Gasteiger partial charge < -0.3 is 10.3 Å². The second-order valence-corrected chi connectivity index (χ2v) is 7.25. The van der Waals surface area contributed by atoms with Crippen molar-refractivity contribution in [3.63, 3.8) is 0 Å². The monoisotopic (exact) mass is 326 g/mol. The van der Waals surface area contributed by atoms with Gasteiger partial charge in [0.1, 0.15) is 0 Å². The molecule has 2 N–H and O–H groups in total. The minimum atomic E-state index is 0.698. The molecule has 0 saturated carbocycles. The molecule has 4 nitrogen and oxygen atoms in total. The van der Waals surface area contributed by atoms with Gasteiger partial charge in [-0.05, 0) is 56.3 Å². The molecule has 0 amide bonds. The molecule has 2 fully saturated rings. The Morgan fingerprint density at radius 1 is 1.08 bits per heavy atom. The second-order valence-electron chi connectivity index (χ2n) is 7.25. The van der Waals surface area contributed by atoms with Gasteiger partial charge in [0.15, 0.2) is 0 Å². The topological polar surface area (TPSA) is 34.3 Å². The first-order valence-corrected chi connectivity index (χ1v) is 9.65. The Labute approximate surface area is 145 Å². The standard InChI is InChI=1S/C20H30N4/c1-2-24(17-7-11-21-12-8-17)23-13-9-16(10-14-23)19-15-22-20-6-4-3-5-18(19)20/h3-6,15-17,21-22H,2,7-14H2,1H3. The van der Waals surface area contributed by atoms with Crippen LogP contribution in [-0.4, -0.2) is 53.8 Å². The van der Waals surface area contributed by atoms with Crippen LogP contribution >= 0.6 is 0 Å². The number of aromatic amines is 1. The van der Waals surface area contributed by atoms with Gasteiger partial charge in [0.05, 0.1) is 0 Å². The number of nitrogens with one attached hydrogen (secondary N) is 2. The van der Waals surface area contributed by atoms with Crippen molar-refractivity contribution in [2.24, 2.45) is 0 Å². The summed E-state index contributed by atoms with van der Waals surface area (Å²) in [6.45, 7) is 8.19. The molecule has 4 rings (SSSR count). The molecular weight excluding hydrogens is 296 g/mol. The average molecular weight is 326 g/mol. The maximum atomic E-state index is 3.49. The SMILES string of the molecule is CCN(C1CCNCC1)N1CCC(c2c[nH]c3ccccc23)CC1. The third-order valence-corrected chi connectivity index (χ3v) is 5.95. The molecule has 1 aromatic heterocycles. The molecule has 2 aliphatic heterocycles. The van der Waals surface area contributed by atoms with E-state index < -0.39 is 0 Å². The molecule has 130 valence electrons. The summed E-state index contributed by atoms with van der Waals surface area (Å²) < 4.78 is 0. The van der Waals surface area contributed by atoms with Crippen LogP contribution in [0.3, 0.4) is 0 Å². The molecule has 2 aromatic rings. The lowest BCUT2D eigenvalue weighted by Gasteiger charge is -2.44. The molecule has 0 spiro atoms. The first kappa shape index (κ1) is 16.1. The van der Waals surface area contributed by atoms with Gasteiger partial charge in [-0.25, -0.2) is 10.0 Å². The summed E-state index contributed by atoms with van der Waals surface area (Å²) in [7, 11) is 0. The van der Waals surface area contributed by atoms with E-state index in [1.807, 2.05) is 0 Å². The summed E-state index contributed by atoms with van der Waals surface area (Å²) in [4.78, 5) is 3.45. The third kappa shape index (κ3) is 3.10. The number of hydrogen-bond acceptors (Lipinski definition) is 3. The van der Waals surface area contributed by atoms with Crippen molar-refractivity contribution in [3.8, 4) is 0 Å². The number of hydrogen-bond donors (Lipinski definition) is 2. The molecule has 0 aliphatic carbocycles. The minimum Gasteiger partial charge on any atom is -0.361 e. The molecule has 24 heavy (non-hydrogen) atoms. The van der Waals surface area contributed by atoms with E-state index in [0.717, 1.165) is 12.6 Å². The molecule has 2 saturated heterocycles. The number of rotatable bonds is 4. The minimum absolute atomic E-state index is 0.698. The fourth-order valence-corrected chi connectivity index (χ4v) is 4.66. The van der Waals surface area contributed by atoms with Gasteiger partial charge in [-0.1, -0.05) is 25.1 Å². The highest BCUT2D eigenvalue weighted by atomic mass is 15.6. The van der Waals surface area contributed by atoms with Crippen molar-refractivity contribution in [2.45, 2.75) is 44.6 Å². The summed E-state index contributed by atoms with van der Waals surface area (Å²) in [5, 5.41) is 10.2. The quantitative estimate of drug-likeness (QED) is 0.904. The summed E-state index contributed by atoms with van der Waals surface area (Å²) in [5.74, 6) is 0.698. The van der Waals surface area contributed by atoms with Crippen LogP contribution in [0.15, 0.2) is 30.5 Å². The van der Waals surface area contributed by atoms with Gasteiger partial charge in [0.25, 0.3) is 0 Å². The fourth-order valence-electron chi connectivity index (χ4n) is 4.66. The molecule has 0 atom stereocenters. The number of hydrazine groups is 1. The van der Waals surface area contributed by atoms with Gasteiger partial charge in [-0.3, -0.25) is 0 Å². The number of nitrogens with zero attached hydrogens (tertiary/aromatic N) is 2. The highest BCUT2D eigenvalue weighted by Crippen LogP contribution is 2.34. The zero-order valence-electron chi connectivity index (χ0n) is 14.8. The van der Waals surface area contributed by atoms with Crippen LogP contribution in [-0.2, 0) is 0 Å². The predicted molar refractivity (Wildman–Crippen MR) is 100 cm³/mol. The lowest BCUT2D eigenvalue weighted by Crippen LogP contribution is -2.54. The van der Waals surface area contributed by atoms with Gasteiger partial charge in [0, 0.05) is 42.8 Å². The van der Waals surface area contributed by atoms with E-state index in [0.29, 0.717) is 5.92 Å². The maximum absolute atomic E-state index is 3.49. The average Bonchev–Trinajstić information content (AvgIpc) is 3.08. The van der Waals surface area contributed by atoms with Crippen LogP contribution in [0.4, 0.5) is 0 Å². The Morgan fingerprint density at radius 3 is 2.58 bits per heavy atom. The summed E-state index contributed by atoms with van der Waals surface area (Å²) in [5.41, 5.74) is 2.80. The van der Waals surface area contributed by atoms with Crippen LogP contribution in [0.1, 0.15) is 44.1 Å². The summed E-state index contributed by atoms with van der Waals surface area (Å²) in [6, 6.07) is 9.46. The zero-order valence-corrected chi connectivity index (χ0v) is 14.8. The molecule has 0 radical (unpaired) electrons. The predicted octanol–water partition coefficient (Wildman–Crippen LogP) is 3.34. The largest absolute Gasteiger partial charge is 0.361 e. The molecular formula is C20H30N4. The number of H-pyrrole nitrogens is 1. The van der Waals surface area contributed by atoms with Crippen molar-refractivity contribution in [1.29, 1.82) is 0 Å². The first-order valence-electron chi connectivity index (χ1n) is 9.65. The van der Waals surface area contributed by atoms with Crippen molar-refractivity contribution in [3.05, 3.63) is 36.0 Å². The smallest absolute Gasteiger partial charge is 0.0456 e. The lowest BCUT2D eigenvalue weighted by atomic mass is 9.89. The molecule has 0 bridgehead atoms. The van der Waals surface area contributed by atoms with Crippen LogP contribution in [0, 0.1) is 0 Å². The van der Waals surface area contributed by atoms with Crippen LogP contribution in [0.25, 0.3) is 10.9 Å². The highest BCUT2D eigenvalue weighted by Gasteiger charge is 2.29. The van der Waals surface area contributed by atoms with Crippen LogP contribution in [0.5, 0.6) is 0 Å². The Hall–Kier alpha value is -1.36. The Bertz CT molecular complexity index is 650. The van der Waals surface area contributed by atoms with E-state index in [1.165, 1.54) is 68.3 Å². The van der Waals surface area contributed by atoms with Gasteiger partial charge in [-0.2, -0.15) is 0 Å². The zero-order chi connectivity index (χ0) is 16.4. The number of para-hydroxylation sites is 1. The number of fused-ring (bicyclic) bond motifs is 1.